The van der Waals surface area contributed by atoms with Gasteiger partial charge in [0.1, 0.15) is 0 Å². The highest BCUT2D eigenvalue weighted by molar-refractivity contribution is 4.63. The molecule has 0 bridgehead atoms. The van der Waals surface area contributed by atoms with E-state index in [2.05, 4.69) is 37.9 Å². The number of nitrogens with zero attached hydrogens (tertiary/aromatic N) is 1. The van der Waals surface area contributed by atoms with Gasteiger partial charge in [0.25, 0.3) is 0 Å². The first-order valence-corrected chi connectivity index (χ1v) is 6.67. The van der Waals surface area contributed by atoms with E-state index in [0.717, 1.165) is 13.1 Å². The van der Waals surface area contributed by atoms with E-state index in [1.165, 1.54) is 38.8 Å². The average Bonchev–Trinajstić information content (AvgIpc) is 2.21. The lowest BCUT2D eigenvalue weighted by molar-refractivity contribution is 0.214. The molecule has 2 heteroatoms. The molecule has 0 radical (unpaired) electrons. The summed E-state index contributed by atoms with van der Waals surface area (Å²) in [5.74, 6) is 0. The number of unbranched alkanes of at least 4 members (excludes halogenated alkanes) is 2. The zero-order valence-electron chi connectivity index (χ0n) is 11.2. The zero-order chi connectivity index (χ0) is 11.5. The van der Waals surface area contributed by atoms with Crippen LogP contribution in [0.4, 0.5) is 0 Å². The molecule has 1 N–H and O–H groups in total. The summed E-state index contributed by atoms with van der Waals surface area (Å²) in [6, 6.07) is 0.698. The van der Waals surface area contributed by atoms with Gasteiger partial charge in [-0.1, -0.05) is 26.7 Å². The maximum absolute atomic E-state index is 3.38. The predicted octanol–water partition coefficient (Wildman–Crippen LogP) is 2.89. The maximum atomic E-state index is 3.38. The second kappa shape index (κ2) is 10.4. The van der Waals surface area contributed by atoms with Crippen LogP contribution < -0.4 is 5.32 Å². The van der Waals surface area contributed by atoms with Crippen LogP contribution in [0.5, 0.6) is 0 Å². The first-order valence-electron chi connectivity index (χ1n) is 6.67. The van der Waals surface area contributed by atoms with Gasteiger partial charge in [0.2, 0.25) is 0 Å². The fraction of sp³-hybridized carbons (Fsp3) is 1.00. The van der Waals surface area contributed by atoms with E-state index in [1.807, 2.05) is 0 Å². The number of hydrogen-bond donors (Lipinski definition) is 1. The van der Waals surface area contributed by atoms with Gasteiger partial charge in [0.05, 0.1) is 0 Å². The molecule has 0 amide bonds. The van der Waals surface area contributed by atoms with E-state index in [1.54, 1.807) is 0 Å². The molecule has 15 heavy (non-hydrogen) atoms. The van der Waals surface area contributed by atoms with Crippen molar-refractivity contribution in [3.63, 3.8) is 0 Å². The van der Waals surface area contributed by atoms with Crippen molar-refractivity contribution < 1.29 is 0 Å². The van der Waals surface area contributed by atoms with Crippen molar-refractivity contribution in [2.75, 3.05) is 26.2 Å². The monoisotopic (exact) mass is 214 g/mol. The largest absolute Gasteiger partial charge is 0.317 e. The fourth-order valence-corrected chi connectivity index (χ4v) is 1.78. The van der Waals surface area contributed by atoms with Gasteiger partial charge in [0, 0.05) is 6.04 Å². The standard InChI is InChI=1S/C13H30N2/c1-5-7-8-11-15(13(3)4)12-9-10-14-6-2/h13-14H,5-12H2,1-4H3. The molecule has 92 valence electrons. The van der Waals surface area contributed by atoms with Gasteiger partial charge in [-0.15, -0.1) is 0 Å². The summed E-state index contributed by atoms with van der Waals surface area (Å²) in [5, 5.41) is 3.38. The van der Waals surface area contributed by atoms with Crippen molar-refractivity contribution in [3.8, 4) is 0 Å². The Morgan fingerprint density at radius 3 is 2.20 bits per heavy atom. The van der Waals surface area contributed by atoms with E-state index in [9.17, 15) is 0 Å². The summed E-state index contributed by atoms with van der Waals surface area (Å²) in [6.45, 7) is 13.8. The quantitative estimate of drug-likeness (QED) is 0.563. The summed E-state index contributed by atoms with van der Waals surface area (Å²) in [5.41, 5.74) is 0. The van der Waals surface area contributed by atoms with Crippen LogP contribution in [-0.2, 0) is 0 Å². The SMILES string of the molecule is CCCCCN(CCCNCC)C(C)C. The maximum Gasteiger partial charge on any atom is 0.00385 e. The summed E-state index contributed by atoms with van der Waals surface area (Å²) in [4.78, 5) is 2.60. The van der Waals surface area contributed by atoms with Crippen molar-refractivity contribution in [1.29, 1.82) is 0 Å². The van der Waals surface area contributed by atoms with Gasteiger partial charge in [-0.25, -0.2) is 0 Å². The lowest BCUT2D eigenvalue weighted by Crippen LogP contribution is -2.34. The smallest absolute Gasteiger partial charge is 0.00385 e. The van der Waals surface area contributed by atoms with Gasteiger partial charge >= 0.3 is 0 Å². The normalized spacial score (nSPS) is 11.6. The highest BCUT2D eigenvalue weighted by Gasteiger charge is 2.07. The van der Waals surface area contributed by atoms with Crippen LogP contribution in [0, 0.1) is 0 Å². The molecule has 0 saturated carbocycles. The molecule has 0 fully saturated rings. The highest BCUT2D eigenvalue weighted by atomic mass is 15.1. The Morgan fingerprint density at radius 1 is 1.00 bits per heavy atom. The molecular weight excluding hydrogens is 184 g/mol. The summed E-state index contributed by atoms with van der Waals surface area (Å²) < 4.78 is 0. The second-order valence-corrected chi connectivity index (χ2v) is 4.54. The van der Waals surface area contributed by atoms with Crippen molar-refractivity contribution in [2.24, 2.45) is 0 Å². The first-order chi connectivity index (χ1) is 7.22. The Labute approximate surface area is 96.4 Å². The minimum atomic E-state index is 0.698. The minimum Gasteiger partial charge on any atom is -0.317 e. The van der Waals surface area contributed by atoms with Crippen LogP contribution in [0.15, 0.2) is 0 Å². The van der Waals surface area contributed by atoms with Gasteiger partial charge < -0.3 is 10.2 Å². The van der Waals surface area contributed by atoms with Gasteiger partial charge in [-0.2, -0.15) is 0 Å². The van der Waals surface area contributed by atoms with Crippen LogP contribution in [0.3, 0.4) is 0 Å². The van der Waals surface area contributed by atoms with E-state index in [4.69, 9.17) is 0 Å². The molecule has 0 heterocycles. The molecule has 0 aliphatic heterocycles. The number of nitrogens with one attached hydrogen (secondary N) is 1. The zero-order valence-corrected chi connectivity index (χ0v) is 11.2. The Morgan fingerprint density at radius 2 is 1.67 bits per heavy atom. The third kappa shape index (κ3) is 8.88. The lowest BCUT2D eigenvalue weighted by atomic mass is 10.2. The Bertz CT molecular complexity index is 124. The van der Waals surface area contributed by atoms with Gasteiger partial charge in [-0.05, 0) is 52.9 Å². The topological polar surface area (TPSA) is 15.3 Å². The summed E-state index contributed by atoms with van der Waals surface area (Å²) in [6.07, 6.45) is 5.33. The Balaban J connectivity index is 3.54. The predicted molar refractivity (Wildman–Crippen MR) is 69.4 cm³/mol. The number of hydrogen-bond acceptors (Lipinski definition) is 2. The molecule has 0 rings (SSSR count). The number of rotatable bonds is 10. The van der Waals surface area contributed by atoms with E-state index in [0.29, 0.717) is 6.04 Å². The van der Waals surface area contributed by atoms with E-state index >= 15 is 0 Å². The van der Waals surface area contributed by atoms with Crippen LogP contribution in [0.1, 0.15) is 53.4 Å². The Kier molecular flexibility index (Phi) is 10.4. The molecule has 0 saturated heterocycles. The third-order valence-corrected chi connectivity index (χ3v) is 2.83. The van der Waals surface area contributed by atoms with Crippen LogP contribution in [-0.4, -0.2) is 37.1 Å². The summed E-state index contributed by atoms with van der Waals surface area (Å²) >= 11 is 0. The molecular formula is C13H30N2. The second-order valence-electron chi connectivity index (χ2n) is 4.54. The summed E-state index contributed by atoms with van der Waals surface area (Å²) in [7, 11) is 0. The molecule has 0 aliphatic carbocycles. The van der Waals surface area contributed by atoms with E-state index in [-0.39, 0.29) is 0 Å². The molecule has 0 spiro atoms. The van der Waals surface area contributed by atoms with Crippen molar-refractivity contribution in [2.45, 2.75) is 59.4 Å². The minimum absolute atomic E-state index is 0.698. The van der Waals surface area contributed by atoms with Gasteiger partial charge in [-0.3, -0.25) is 0 Å². The first kappa shape index (κ1) is 14.9. The molecule has 0 atom stereocenters. The van der Waals surface area contributed by atoms with E-state index < -0.39 is 0 Å². The highest BCUT2D eigenvalue weighted by Crippen LogP contribution is 2.03. The molecule has 0 aromatic rings. The Hall–Kier alpha value is -0.0800. The molecule has 0 aromatic heterocycles. The third-order valence-electron chi connectivity index (χ3n) is 2.83. The average molecular weight is 214 g/mol. The van der Waals surface area contributed by atoms with Crippen molar-refractivity contribution in [1.82, 2.24) is 10.2 Å². The molecule has 0 aromatic carbocycles. The van der Waals surface area contributed by atoms with Crippen molar-refractivity contribution >= 4 is 0 Å². The van der Waals surface area contributed by atoms with Crippen LogP contribution >= 0.6 is 0 Å². The van der Waals surface area contributed by atoms with Gasteiger partial charge in [0.15, 0.2) is 0 Å². The van der Waals surface area contributed by atoms with Crippen LogP contribution in [0.2, 0.25) is 0 Å². The molecule has 2 nitrogen and oxygen atoms in total. The molecule has 0 aliphatic rings. The van der Waals surface area contributed by atoms with Crippen molar-refractivity contribution in [3.05, 3.63) is 0 Å². The fourth-order valence-electron chi connectivity index (χ4n) is 1.78. The molecule has 0 unspecified atom stereocenters. The lowest BCUT2D eigenvalue weighted by Gasteiger charge is -2.26. The van der Waals surface area contributed by atoms with Crippen LogP contribution in [0.25, 0.3) is 0 Å².